The van der Waals surface area contributed by atoms with Crippen LogP contribution in [-0.4, -0.2) is 16.6 Å². The SMILES string of the molecule is CC1=NN(c2ccc(/C=C/c3nc4ccccc4o3)cc2)C(=O)C1. The molecule has 0 spiro atoms. The monoisotopic (exact) mass is 317 g/mol. The van der Waals surface area contributed by atoms with Crippen LogP contribution in [0.15, 0.2) is 58.0 Å². The summed E-state index contributed by atoms with van der Waals surface area (Å²) in [6.07, 6.45) is 4.15. The minimum Gasteiger partial charge on any atom is -0.437 e. The molecule has 0 radical (unpaired) electrons. The number of benzene rings is 2. The maximum atomic E-state index is 11.8. The third kappa shape index (κ3) is 2.72. The normalized spacial score (nSPS) is 14.8. The molecule has 0 bridgehead atoms. The van der Waals surface area contributed by atoms with Crippen LogP contribution in [0, 0.1) is 0 Å². The Morgan fingerprint density at radius 3 is 2.58 bits per heavy atom. The third-order valence-corrected chi connectivity index (χ3v) is 3.78. The predicted octanol–water partition coefficient (Wildman–Crippen LogP) is 4.11. The molecule has 5 heteroatoms. The van der Waals surface area contributed by atoms with Gasteiger partial charge in [0.05, 0.1) is 12.1 Å². The fourth-order valence-electron chi connectivity index (χ4n) is 2.61. The van der Waals surface area contributed by atoms with Crippen LogP contribution in [0.1, 0.15) is 24.8 Å². The van der Waals surface area contributed by atoms with E-state index in [4.69, 9.17) is 4.42 Å². The molecule has 0 N–H and O–H groups in total. The van der Waals surface area contributed by atoms with Gasteiger partial charge < -0.3 is 4.42 Å². The van der Waals surface area contributed by atoms with Crippen LogP contribution >= 0.6 is 0 Å². The largest absolute Gasteiger partial charge is 0.437 e. The van der Waals surface area contributed by atoms with Gasteiger partial charge in [-0.15, -0.1) is 0 Å². The van der Waals surface area contributed by atoms with Gasteiger partial charge in [0, 0.05) is 11.8 Å². The second-order valence-corrected chi connectivity index (χ2v) is 5.66. The number of carbonyl (C=O) groups is 1. The van der Waals surface area contributed by atoms with E-state index in [1.54, 1.807) is 0 Å². The van der Waals surface area contributed by atoms with Gasteiger partial charge in [-0.05, 0) is 42.8 Å². The zero-order valence-electron chi connectivity index (χ0n) is 13.1. The highest BCUT2D eigenvalue weighted by Crippen LogP contribution is 2.22. The smallest absolute Gasteiger partial charge is 0.253 e. The molecule has 0 fully saturated rings. The molecule has 2 heterocycles. The van der Waals surface area contributed by atoms with E-state index >= 15 is 0 Å². The maximum absolute atomic E-state index is 11.8. The van der Waals surface area contributed by atoms with Gasteiger partial charge in [0.2, 0.25) is 5.89 Å². The van der Waals surface area contributed by atoms with Crippen LogP contribution in [0.3, 0.4) is 0 Å². The number of rotatable bonds is 3. The average molecular weight is 317 g/mol. The number of aromatic nitrogens is 1. The minimum atomic E-state index is 0.00210. The van der Waals surface area contributed by atoms with Gasteiger partial charge >= 0.3 is 0 Å². The zero-order valence-corrected chi connectivity index (χ0v) is 13.1. The van der Waals surface area contributed by atoms with Gasteiger partial charge in [-0.25, -0.2) is 9.99 Å². The molecule has 2 aromatic carbocycles. The van der Waals surface area contributed by atoms with E-state index in [1.165, 1.54) is 5.01 Å². The Hall–Kier alpha value is -3.21. The molecule has 1 aromatic heterocycles. The van der Waals surface area contributed by atoms with E-state index in [1.807, 2.05) is 67.6 Å². The zero-order chi connectivity index (χ0) is 16.5. The number of hydrazone groups is 1. The number of anilines is 1. The van der Waals surface area contributed by atoms with Crippen LogP contribution in [0.5, 0.6) is 0 Å². The van der Waals surface area contributed by atoms with E-state index in [0.717, 1.165) is 28.1 Å². The maximum Gasteiger partial charge on any atom is 0.253 e. The summed E-state index contributed by atoms with van der Waals surface area (Å²) in [5, 5.41) is 5.69. The molecule has 0 atom stereocenters. The second kappa shape index (κ2) is 5.77. The van der Waals surface area contributed by atoms with Crippen LogP contribution in [0.2, 0.25) is 0 Å². The number of amides is 1. The van der Waals surface area contributed by atoms with Crippen LogP contribution in [0.4, 0.5) is 5.69 Å². The van der Waals surface area contributed by atoms with Crippen molar-refractivity contribution in [3.8, 4) is 0 Å². The molecule has 0 unspecified atom stereocenters. The van der Waals surface area contributed by atoms with Gasteiger partial charge in [0.25, 0.3) is 5.91 Å². The molecule has 1 aliphatic heterocycles. The van der Waals surface area contributed by atoms with Crippen LogP contribution in [-0.2, 0) is 4.79 Å². The number of oxazole rings is 1. The van der Waals surface area contributed by atoms with Crippen molar-refractivity contribution < 1.29 is 9.21 Å². The molecule has 24 heavy (non-hydrogen) atoms. The number of hydrogen-bond donors (Lipinski definition) is 0. The van der Waals surface area contributed by atoms with Crippen molar-refractivity contribution in [1.29, 1.82) is 0 Å². The molecule has 1 amide bonds. The Balaban J connectivity index is 1.54. The first kappa shape index (κ1) is 14.4. The Kier molecular flexibility index (Phi) is 3.46. The van der Waals surface area contributed by atoms with E-state index in [-0.39, 0.29) is 5.91 Å². The van der Waals surface area contributed by atoms with Crippen molar-refractivity contribution in [3.63, 3.8) is 0 Å². The summed E-state index contributed by atoms with van der Waals surface area (Å²) in [5.74, 6) is 0.567. The Bertz CT molecular complexity index is 935. The fourth-order valence-corrected chi connectivity index (χ4v) is 2.61. The standard InChI is InChI=1S/C19H15N3O2/c1-13-12-19(23)22(21-13)15-9-6-14(7-10-15)8-11-18-20-16-4-2-3-5-17(16)24-18/h2-11H,12H2,1H3/b11-8+. The Morgan fingerprint density at radius 2 is 1.88 bits per heavy atom. The van der Waals surface area contributed by atoms with Gasteiger partial charge in [-0.3, -0.25) is 4.79 Å². The number of nitrogens with zero attached hydrogens (tertiary/aromatic N) is 3. The predicted molar refractivity (Wildman–Crippen MR) is 94.6 cm³/mol. The lowest BCUT2D eigenvalue weighted by Gasteiger charge is -2.11. The van der Waals surface area contributed by atoms with Crippen molar-refractivity contribution in [2.45, 2.75) is 13.3 Å². The number of para-hydroxylation sites is 2. The first-order valence-electron chi connectivity index (χ1n) is 7.70. The van der Waals surface area contributed by atoms with E-state index < -0.39 is 0 Å². The summed E-state index contributed by atoms with van der Waals surface area (Å²) < 4.78 is 5.65. The summed E-state index contributed by atoms with van der Waals surface area (Å²) in [6, 6.07) is 15.3. The van der Waals surface area contributed by atoms with Gasteiger partial charge in [0.1, 0.15) is 5.52 Å². The van der Waals surface area contributed by atoms with E-state index in [9.17, 15) is 4.79 Å². The molecular weight excluding hydrogens is 302 g/mol. The fraction of sp³-hybridized carbons (Fsp3) is 0.105. The van der Waals surface area contributed by atoms with E-state index in [0.29, 0.717) is 12.3 Å². The number of fused-ring (bicyclic) bond motifs is 1. The molecule has 1 aliphatic rings. The van der Waals surface area contributed by atoms with E-state index in [2.05, 4.69) is 10.1 Å². The molecular formula is C19H15N3O2. The highest BCUT2D eigenvalue weighted by molar-refractivity contribution is 6.12. The van der Waals surface area contributed by atoms with Gasteiger partial charge in [-0.1, -0.05) is 24.3 Å². The number of hydrogen-bond acceptors (Lipinski definition) is 4. The number of carbonyl (C=O) groups excluding carboxylic acids is 1. The molecule has 4 rings (SSSR count). The Labute approximate surface area is 138 Å². The molecule has 0 aliphatic carbocycles. The first-order chi connectivity index (χ1) is 11.7. The lowest BCUT2D eigenvalue weighted by atomic mass is 10.2. The average Bonchev–Trinajstić information content (AvgIpc) is 3.15. The molecule has 118 valence electrons. The highest BCUT2D eigenvalue weighted by Gasteiger charge is 2.22. The van der Waals surface area contributed by atoms with Crippen molar-refractivity contribution >= 4 is 40.6 Å². The quantitative estimate of drug-likeness (QED) is 0.730. The summed E-state index contributed by atoms with van der Waals surface area (Å²) in [4.78, 5) is 16.2. The molecule has 5 nitrogen and oxygen atoms in total. The molecule has 0 saturated carbocycles. The van der Waals surface area contributed by atoms with Crippen LogP contribution in [0.25, 0.3) is 23.3 Å². The van der Waals surface area contributed by atoms with Crippen molar-refractivity contribution in [2.75, 3.05) is 5.01 Å². The summed E-state index contributed by atoms with van der Waals surface area (Å²) in [7, 11) is 0. The van der Waals surface area contributed by atoms with Crippen molar-refractivity contribution in [2.24, 2.45) is 5.10 Å². The first-order valence-corrected chi connectivity index (χ1v) is 7.70. The summed E-state index contributed by atoms with van der Waals surface area (Å²) in [5.41, 5.74) is 4.21. The minimum absolute atomic E-state index is 0.00210. The Morgan fingerprint density at radius 1 is 1.08 bits per heavy atom. The lowest BCUT2D eigenvalue weighted by Crippen LogP contribution is -2.19. The summed E-state index contributed by atoms with van der Waals surface area (Å²) in [6.45, 7) is 1.86. The highest BCUT2D eigenvalue weighted by atomic mass is 16.3. The van der Waals surface area contributed by atoms with Crippen molar-refractivity contribution in [3.05, 3.63) is 60.0 Å². The molecule has 0 saturated heterocycles. The van der Waals surface area contributed by atoms with Crippen LogP contribution < -0.4 is 5.01 Å². The van der Waals surface area contributed by atoms with Gasteiger partial charge in [0.15, 0.2) is 5.58 Å². The second-order valence-electron chi connectivity index (χ2n) is 5.66. The molecule has 3 aromatic rings. The van der Waals surface area contributed by atoms with Crippen molar-refractivity contribution in [1.82, 2.24) is 4.98 Å². The summed E-state index contributed by atoms with van der Waals surface area (Å²) >= 11 is 0. The van der Waals surface area contributed by atoms with Gasteiger partial charge in [-0.2, -0.15) is 5.10 Å². The topological polar surface area (TPSA) is 58.7 Å². The lowest BCUT2D eigenvalue weighted by molar-refractivity contribution is -0.116. The third-order valence-electron chi connectivity index (χ3n) is 3.78.